The van der Waals surface area contributed by atoms with Crippen LogP contribution in [0, 0.1) is 11.8 Å². The van der Waals surface area contributed by atoms with E-state index >= 15 is 0 Å². The fraction of sp³-hybridized carbons (Fsp3) is 0.562. The summed E-state index contributed by atoms with van der Waals surface area (Å²) in [4.78, 5) is 13.7. The second kappa shape index (κ2) is 7.86. The summed E-state index contributed by atoms with van der Waals surface area (Å²) in [5, 5.41) is 10.3. The third-order valence-electron chi connectivity index (χ3n) is 4.20. The molecule has 0 aliphatic heterocycles. The highest BCUT2D eigenvalue weighted by Crippen LogP contribution is 2.30. The molecule has 0 radical (unpaired) electrons. The van der Waals surface area contributed by atoms with E-state index in [1.165, 1.54) is 11.9 Å². The molecular formula is C16H24BF3NO2-. The summed E-state index contributed by atoms with van der Waals surface area (Å²) in [5.74, 6) is -2.12. The molecule has 0 aliphatic carbocycles. The number of benzene rings is 1. The number of carbonyl (C=O) groups is 1. The summed E-state index contributed by atoms with van der Waals surface area (Å²) in [6.45, 7) is -0.194. The summed E-state index contributed by atoms with van der Waals surface area (Å²) in [6.07, 6.45) is -2.04. The minimum atomic E-state index is -5.04. The molecule has 0 saturated carbocycles. The topological polar surface area (TPSA) is 40.5 Å². The van der Waals surface area contributed by atoms with Gasteiger partial charge in [-0.1, -0.05) is 50.5 Å². The van der Waals surface area contributed by atoms with Crippen LogP contribution in [0.25, 0.3) is 0 Å². The number of aliphatic hydroxyl groups excluding tert-OH is 1. The van der Waals surface area contributed by atoms with Crippen molar-refractivity contribution in [1.82, 2.24) is 4.90 Å². The molecule has 7 heteroatoms. The lowest BCUT2D eigenvalue weighted by Gasteiger charge is -2.35. The van der Waals surface area contributed by atoms with Crippen LogP contribution in [0.5, 0.6) is 0 Å². The van der Waals surface area contributed by atoms with Crippen molar-refractivity contribution < 1.29 is 22.8 Å². The lowest BCUT2D eigenvalue weighted by molar-refractivity contribution is -0.139. The zero-order chi connectivity index (χ0) is 17.8. The van der Waals surface area contributed by atoms with Crippen LogP contribution in [0.4, 0.5) is 12.9 Å². The summed E-state index contributed by atoms with van der Waals surface area (Å²) in [6, 6.07) is 8.14. The number of carbonyl (C=O) groups excluding carboxylic acids is 1. The van der Waals surface area contributed by atoms with Gasteiger partial charge in [-0.2, -0.15) is 0 Å². The van der Waals surface area contributed by atoms with Crippen LogP contribution >= 0.6 is 0 Å². The van der Waals surface area contributed by atoms with Gasteiger partial charge in [0.15, 0.2) is 0 Å². The van der Waals surface area contributed by atoms with E-state index in [1.807, 2.05) is 0 Å². The molecule has 130 valence electrons. The van der Waals surface area contributed by atoms with Gasteiger partial charge in [0.05, 0.1) is 12.1 Å². The smallest absolute Gasteiger partial charge is 0.449 e. The average Bonchev–Trinajstić information content (AvgIpc) is 2.49. The van der Waals surface area contributed by atoms with Crippen LogP contribution in [0.15, 0.2) is 30.3 Å². The Hall–Kier alpha value is -1.50. The molecule has 0 bridgehead atoms. The van der Waals surface area contributed by atoms with Gasteiger partial charge in [-0.25, -0.2) is 0 Å². The Morgan fingerprint density at radius 3 is 2.13 bits per heavy atom. The van der Waals surface area contributed by atoms with Crippen molar-refractivity contribution in [3.63, 3.8) is 0 Å². The highest BCUT2D eigenvalue weighted by molar-refractivity contribution is 6.58. The predicted molar refractivity (Wildman–Crippen MR) is 85.8 cm³/mol. The second-order valence-corrected chi connectivity index (χ2v) is 6.34. The molecule has 1 aromatic carbocycles. The molecule has 0 saturated heterocycles. The van der Waals surface area contributed by atoms with Crippen molar-refractivity contribution in [3.05, 3.63) is 35.9 Å². The van der Waals surface area contributed by atoms with Gasteiger partial charge in [0, 0.05) is 13.0 Å². The minimum Gasteiger partial charge on any atom is -0.449 e. The van der Waals surface area contributed by atoms with Gasteiger partial charge < -0.3 is 23.0 Å². The summed E-state index contributed by atoms with van der Waals surface area (Å²) < 4.78 is 38.3. The molecule has 1 amide bonds. The Kier molecular flexibility index (Phi) is 6.68. The van der Waals surface area contributed by atoms with E-state index in [4.69, 9.17) is 0 Å². The number of aliphatic hydroxyl groups is 1. The normalized spacial score (nSPS) is 16.0. The van der Waals surface area contributed by atoms with Crippen LogP contribution in [0.3, 0.4) is 0 Å². The zero-order valence-corrected chi connectivity index (χ0v) is 13.9. The van der Waals surface area contributed by atoms with Gasteiger partial charge in [0.2, 0.25) is 5.91 Å². The molecule has 0 spiro atoms. The average molecular weight is 330 g/mol. The largest absolute Gasteiger partial charge is 0.479 e. The van der Waals surface area contributed by atoms with Crippen molar-refractivity contribution >= 4 is 12.9 Å². The number of likely N-dealkylation sites (N-methyl/N-ethyl adjacent to an activating group) is 1. The Bertz CT molecular complexity index is 508. The molecule has 0 heterocycles. The molecule has 3 atom stereocenters. The van der Waals surface area contributed by atoms with E-state index in [2.05, 4.69) is 0 Å². The van der Waals surface area contributed by atoms with E-state index in [9.17, 15) is 22.8 Å². The SMILES string of the molecule is CC(C)C(C[B-](F)(F)F)C(=O)N(C)[C@@H](C)[C@@H](O)c1ccccc1. The first-order valence-corrected chi connectivity index (χ1v) is 7.75. The van der Waals surface area contributed by atoms with Crippen molar-refractivity contribution in [3.8, 4) is 0 Å². The minimum absolute atomic E-state index is 0.422. The summed E-state index contributed by atoms with van der Waals surface area (Å²) in [7, 11) is 1.44. The molecule has 0 aromatic heterocycles. The lowest BCUT2D eigenvalue weighted by Crippen LogP contribution is -2.44. The fourth-order valence-electron chi connectivity index (χ4n) is 2.55. The number of nitrogens with zero attached hydrogens (tertiary/aromatic N) is 1. The van der Waals surface area contributed by atoms with Crippen molar-refractivity contribution in [2.45, 2.75) is 39.2 Å². The molecule has 1 N–H and O–H groups in total. The molecule has 1 rings (SSSR count). The Balaban J connectivity index is 2.88. The maximum atomic E-state index is 12.8. The number of amides is 1. The molecule has 23 heavy (non-hydrogen) atoms. The molecule has 3 nitrogen and oxygen atoms in total. The third kappa shape index (κ3) is 5.57. The first-order valence-electron chi connectivity index (χ1n) is 7.75. The number of rotatable bonds is 7. The van der Waals surface area contributed by atoms with E-state index < -0.39 is 43.2 Å². The molecule has 0 aliphatic rings. The number of hydrogen-bond acceptors (Lipinski definition) is 2. The van der Waals surface area contributed by atoms with Gasteiger partial charge >= 0.3 is 6.98 Å². The van der Waals surface area contributed by atoms with Crippen LogP contribution in [0.2, 0.25) is 6.32 Å². The standard InChI is InChI=1S/C16H24BF3NO2/c1-11(2)14(10-17(18,19)20)16(23)21(4)12(3)15(22)13-8-6-5-7-9-13/h5-9,11-12,14-15,22H,10H2,1-4H3/q-1/t12-,14?,15+/m0/s1. The number of hydrogen-bond donors (Lipinski definition) is 1. The molecule has 1 unspecified atom stereocenters. The lowest BCUT2D eigenvalue weighted by atomic mass is 9.73. The maximum Gasteiger partial charge on any atom is 0.479 e. The van der Waals surface area contributed by atoms with Gasteiger partial charge in [-0.15, -0.1) is 0 Å². The Morgan fingerprint density at radius 1 is 1.17 bits per heavy atom. The predicted octanol–water partition coefficient (Wildman–Crippen LogP) is 3.69. The van der Waals surface area contributed by atoms with Crippen LogP contribution in [-0.2, 0) is 4.79 Å². The molecule has 0 fully saturated rings. The van der Waals surface area contributed by atoms with E-state index in [-0.39, 0.29) is 0 Å². The Labute approximate surface area is 135 Å². The van der Waals surface area contributed by atoms with Crippen LogP contribution < -0.4 is 0 Å². The van der Waals surface area contributed by atoms with Gasteiger partial charge in [-0.05, 0) is 18.4 Å². The van der Waals surface area contributed by atoms with Crippen molar-refractivity contribution in [2.75, 3.05) is 7.05 Å². The maximum absolute atomic E-state index is 12.8. The van der Waals surface area contributed by atoms with E-state index in [0.29, 0.717) is 5.56 Å². The fourth-order valence-corrected chi connectivity index (χ4v) is 2.55. The van der Waals surface area contributed by atoms with Crippen LogP contribution in [-0.4, -0.2) is 36.0 Å². The number of halogens is 3. The monoisotopic (exact) mass is 330 g/mol. The van der Waals surface area contributed by atoms with Crippen molar-refractivity contribution in [1.29, 1.82) is 0 Å². The van der Waals surface area contributed by atoms with Gasteiger partial charge in [-0.3, -0.25) is 4.79 Å². The molecule has 1 aromatic rings. The first-order chi connectivity index (χ1) is 10.5. The first kappa shape index (κ1) is 19.6. The third-order valence-corrected chi connectivity index (χ3v) is 4.20. The van der Waals surface area contributed by atoms with E-state index in [1.54, 1.807) is 51.1 Å². The highest BCUT2D eigenvalue weighted by atomic mass is 19.4. The zero-order valence-electron chi connectivity index (χ0n) is 13.9. The Morgan fingerprint density at radius 2 is 1.70 bits per heavy atom. The van der Waals surface area contributed by atoms with Crippen molar-refractivity contribution in [2.24, 2.45) is 11.8 Å². The van der Waals surface area contributed by atoms with Gasteiger partial charge in [0.1, 0.15) is 0 Å². The summed E-state index contributed by atoms with van der Waals surface area (Å²) >= 11 is 0. The second-order valence-electron chi connectivity index (χ2n) is 6.34. The van der Waals surface area contributed by atoms with E-state index in [0.717, 1.165) is 0 Å². The van der Waals surface area contributed by atoms with Gasteiger partial charge in [0.25, 0.3) is 0 Å². The molecular weight excluding hydrogens is 306 g/mol. The van der Waals surface area contributed by atoms with Crippen LogP contribution in [0.1, 0.15) is 32.4 Å². The quantitative estimate of drug-likeness (QED) is 0.775. The highest BCUT2D eigenvalue weighted by Gasteiger charge is 2.36. The summed E-state index contributed by atoms with van der Waals surface area (Å²) in [5.41, 5.74) is 0.626.